The van der Waals surface area contributed by atoms with Crippen molar-refractivity contribution >= 4 is 0 Å². The Morgan fingerprint density at radius 2 is 2.00 bits per heavy atom. The Bertz CT molecular complexity index is 268. The van der Waals surface area contributed by atoms with Crippen LogP contribution in [0.4, 0.5) is 0 Å². The first-order valence-electron chi connectivity index (χ1n) is 8.54. The first kappa shape index (κ1) is 16.3. The average Bonchev–Trinajstić information content (AvgIpc) is 2.43. The van der Waals surface area contributed by atoms with Crippen LogP contribution in [0.15, 0.2) is 0 Å². The molecule has 1 heterocycles. The number of hydrogen-bond donors (Lipinski definition) is 1. The van der Waals surface area contributed by atoms with Gasteiger partial charge in [0.25, 0.3) is 0 Å². The van der Waals surface area contributed by atoms with Gasteiger partial charge in [0.2, 0.25) is 0 Å². The number of ether oxygens (including phenoxy) is 1. The fourth-order valence-electron chi connectivity index (χ4n) is 4.17. The average molecular weight is 282 g/mol. The van der Waals surface area contributed by atoms with E-state index in [1.807, 2.05) is 0 Å². The molecule has 1 saturated carbocycles. The molecule has 1 aliphatic carbocycles. The van der Waals surface area contributed by atoms with Crippen LogP contribution in [-0.2, 0) is 4.74 Å². The van der Waals surface area contributed by atoms with Crippen LogP contribution < -0.4 is 5.32 Å². The normalized spacial score (nSPS) is 35.4. The monoisotopic (exact) mass is 282 g/mol. The van der Waals surface area contributed by atoms with Gasteiger partial charge in [-0.1, -0.05) is 19.8 Å². The Morgan fingerprint density at radius 3 is 2.60 bits per heavy atom. The van der Waals surface area contributed by atoms with E-state index in [9.17, 15) is 0 Å². The van der Waals surface area contributed by atoms with Crippen molar-refractivity contribution in [3.63, 3.8) is 0 Å². The van der Waals surface area contributed by atoms with Crippen molar-refractivity contribution in [2.24, 2.45) is 17.3 Å². The first-order chi connectivity index (χ1) is 9.63. The van der Waals surface area contributed by atoms with Crippen LogP contribution in [0, 0.1) is 17.3 Å². The molecular formula is C17H34N2O. The standard InChI is InChI=1S/C17H34N2O/c1-15-6-8-17(9-7-15,13-18-2)14-19(3)11-16-5-4-10-20-12-16/h15-16,18H,4-14H2,1-3H3. The summed E-state index contributed by atoms with van der Waals surface area (Å²) in [6.07, 6.45) is 8.18. The lowest BCUT2D eigenvalue weighted by atomic mass is 9.70. The fraction of sp³-hybridized carbons (Fsp3) is 1.00. The van der Waals surface area contributed by atoms with Gasteiger partial charge < -0.3 is 15.0 Å². The van der Waals surface area contributed by atoms with Gasteiger partial charge in [-0.3, -0.25) is 0 Å². The Labute approximate surface area is 125 Å². The van der Waals surface area contributed by atoms with E-state index in [1.54, 1.807) is 0 Å². The van der Waals surface area contributed by atoms with Gasteiger partial charge in [0.1, 0.15) is 0 Å². The Morgan fingerprint density at radius 1 is 1.25 bits per heavy atom. The first-order valence-corrected chi connectivity index (χ1v) is 8.54. The van der Waals surface area contributed by atoms with Crippen molar-refractivity contribution in [2.75, 3.05) is 46.9 Å². The number of nitrogens with one attached hydrogen (secondary N) is 1. The SMILES string of the molecule is CNCC1(CN(C)CC2CCCOC2)CCC(C)CC1. The predicted octanol–water partition coefficient (Wildman–Crippen LogP) is 2.76. The zero-order valence-corrected chi connectivity index (χ0v) is 13.8. The van der Waals surface area contributed by atoms with E-state index < -0.39 is 0 Å². The van der Waals surface area contributed by atoms with E-state index in [1.165, 1.54) is 58.2 Å². The molecule has 0 aromatic heterocycles. The van der Waals surface area contributed by atoms with Gasteiger partial charge in [-0.2, -0.15) is 0 Å². The molecule has 0 bridgehead atoms. The van der Waals surface area contributed by atoms with Crippen molar-refractivity contribution in [1.82, 2.24) is 10.2 Å². The van der Waals surface area contributed by atoms with E-state index >= 15 is 0 Å². The second kappa shape index (κ2) is 7.77. The minimum atomic E-state index is 0.505. The lowest BCUT2D eigenvalue weighted by Crippen LogP contribution is -2.46. The highest BCUT2D eigenvalue weighted by atomic mass is 16.5. The van der Waals surface area contributed by atoms with Gasteiger partial charge in [-0.25, -0.2) is 0 Å². The van der Waals surface area contributed by atoms with Crippen molar-refractivity contribution in [1.29, 1.82) is 0 Å². The van der Waals surface area contributed by atoms with Gasteiger partial charge in [0.15, 0.2) is 0 Å². The van der Waals surface area contributed by atoms with Crippen LogP contribution >= 0.6 is 0 Å². The minimum Gasteiger partial charge on any atom is -0.381 e. The van der Waals surface area contributed by atoms with Crippen LogP contribution in [0.25, 0.3) is 0 Å². The summed E-state index contributed by atoms with van der Waals surface area (Å²) in [5.41, 5.74) is 0.505. The van der Waals surface area contributed by atoms with Crippen molar-refractivity contribution < 1.29 is 4.74 Å². The largest absolute Gasteiger partial charge is 0.381 e. The molecule has 0 spiro atoms. The molecule has 3 heteroatoms. The summed E-state index contributed by atoms with van der Waals surface area (Å²) in [6.45, 7) is 7.98. The third-order valence-electron chi connectivity index (χ3n) is 5.32. The number of nitrogens with zero attached hydrogens (tertiary/aromatic N) is 1. The summed E-state index contributed by atoms with van der Waals surface area (Å²) in [6, 6.07) is 0. The molecule has 2 aliphatic rings. The highest BCUT2D eigenvalue weighted by Gasteiger charge is 2.34. The molecule has 3 nitrogen and oxygen atoms in total. The Hall–Kier alpha value is -0.120. The van der Waals surface area contributed by atoms with Crippen LogP contribution in [0.1, 0.15) is 45.4 Å². The highest BCUT2D eigenvalue weighted by molar-refractivity contribution is 4.89. The third-order valence-corrected chi connectivity index (χ3v) is 5.32. The van der Waals surface area contributed by atoms with Crippen LogP contribution in [0.3, 0.4) is 0 Å². The highest BCUT2D eigenvalue weighted by Crippen LogP contribution is 2.39. The maximum absolute atomic E-state index is 5.62. The van der Waals surface area contributed by atoms with Gasteiger partial charge in [0.05, 0.1) is 6.61 Å². The van der Waals surface area contributed by atoms with Crippen LogP contribution in [-0.4, -0.2) is 51.8 Å². The summed E-state index contributed by atoms with van der Waals surface area (Å²) >= 11 is 0. The predicted molar refractivity (Wildman–Crippen MR) is 85.0 cm³/mol. The Balaban J connectivity index is 1.83. The van der Waals surface area contributed by atoms with Gasteiger partial charge >= 0.3 is 0 Å². The van der Waals surface area contributed by atoms with E-state index in [0.29, 0.717) is 5.41 Å². The molecule has 0 aromatic carbocycles. The molecule has 0 radical (unpaired) electrons. The molecule has 1 aliphatic heterocycles. The summed E-state index contributed by atoms with van der Waals surface area (Å²) < 4.78 is 5.62. The number of rotatable bonds is 6. The molecule has 2 rings (SSSR count). The van der Waals surface area contributed by atoms with E-state index in [2.05, 4.69) is 31.2 Å². The van der Waals surface area contributed by atoms with Crippen molar-refractivity contribution in [3.05, 3.63) is 0 Å². The summed E-state index contributed by atoms with van der Waals surface area (Å²) in [4.78, 5) is 2.58. The zero-order valence-electron chi connectivity index (χ0n) is 13.8. The number of hydrogen-bond acceptors (Lipinski definition) is 3. The quantitative estimate of drug-likeness (QED) is 0.811. The second-order valence-electron chi connectivity index (χ2n) is 7.49. The lowest BCUT2D eigenvalue weighted by molar-refractivity contribution is 0.0295. The minimum absolute atomic E-state index is 0.505. The van der Waals surface area contributed by atoms with Crippen LogP contribution in [0.5, 0.6) is 0 Å². The molecule has 0 aromatic rings. The maximum Gasteiger partial charge on any atom is 0.0506 e. The molecule has 0 amide bonds. The summed E-state index contributed by atoms with van der Waals surface area (Å²) in [5, 5.41) is 3.45. The van der Waals surface area contributed by atoms with Crippen molar-refractivity contribution in [3.8, 4) is 0 Å². The Kier molecular flexibility index (Phi) is 6.31. The zero-order chi connectivity index (χ0) is 14.4. The molecule has 118 valence electrons. The van der Waals surface area contributed by atoms with Gasteiger partial charge in [-0.05, 0) is 57.0 Å². The molecule has 1 N–H and O–H groups in total. The fourth-order valence-corrected chi connectivity index (χ4v) is 4.17. The molecule has 1 atom stereocenters. The lowest BCUT2D eigenvalue weighted by Gasteiger charge is -2.42. The van der Waals surface area contributed by atoms with Gasteiger partial charge in [-0.15, -0.1) is 0 Å². The molecule has 1 saturated heterocycles. The third kappa shape index (κ3) is 4.71. The second-order valence-corrected chi connectivity index (χ2v) is 7.49. The maximum atomic E-state index is 5.62. The smallest absolute Gasteiger partial charge is 0.0506 e. The van der Waals surface area contributed by atoms with E-state index in [4.69, 9.17) is 4.74 Å². The molecular weight excluding hydrogens is 248 g/mol. The summed E-state index contributed by atoms with van der Waals surface area (Å²) in [7, 11) is 4.42. The van der Waals surface area contributed by atoms with Gasteiger partial charge in [0, 0.05) is 26.2 Å². The molecule has 1 unspecified atom stereocenters. The molecule has 20 heavy (non-hydrogen) atoms. The topological polar surface area (TPSA) is 24.5 Å². The summed E-state index contributed by atoms with van der Waals surface area (Å²) in [5.74, 6) is 1.68. The van der Waals surface area contributed by atoms with E-state index in [0.717, 1.165) is 25.0 Å². The molecule has 2 fully saturated rings. The van der Waals surface area contributed by atoms with E-state index in [-0.39, 0.29) is 0 Å². The van der Waals surface area contributed by atoms with Crippen molar-refractivity contribution in [2.45, 2.75) is 45.4 Å². The van der Waals surface area contributed by atoms with Crippen LogP contribution in [0.2, 0.25) is 0 Å².